The zero-order valence-corrected chi connectivity index (χ0v) is 14.6. The summed E-state index contributed by atoms with van der Waals surface area (Å²) >= 11 is 6.33. The van der Waals surface area contributed by atoms with Gasteiger partial charge in [0.15, 0.2) is 11.9 Å². The van der Waals surface area contributed by atoms with Gasteiger partial charge in [-0.3, -0.25) is 14.7 Å². The van der Waals surface area contributed by atoms with E-state index in [-0.39, 0.29) is 5.91 Å². The molecule has 0 spiro atoms. The molecule has 9 heteroatoms. The standard InChI is InChI=1S/C16H17ClN6O2/c1-3-8-22-11-13(24)18-16(25)21(2)14(11)23-12(19-20-15(22)23)9-6-4-5-7-10(9)17/h4-7,11,14H,3,8H2,1-2H3,(H,18,24,25). The van der Waals surface area contributed by atoms with Crippen LogP contribution in [-0.4, -0.2) is 51.2 Å². The first-order valence-electron chi connectivity index (χ1n) is 8.08. The molecular weight excluding hydrogens is 344 g/mol. The summed E-state index contributed by atoms with van der Waals surface area (Å²) in [6, 6.07) is 6.35. The van der Waals surface area contributed by atoms with Gasteiger partial charge in [-0.1, -0.05) is 30.7 Å². The highest BCUT2D eigenvalue weighted by Gasteiger charge is 2.52. The van der Waals surface area contributed by atoms with E-state index in [0.29, 0.717) is 28.9 Å². The van der Waals surface area contributed by atoms with Crippen LogP contribution in [0.3, 0.4) is 0 Å². The van der Waals surface area contributed by atoms with E-state index in [9.17, 15) is 9.59 Å². The van der Waals surface area contributed by atoms with Gasteiger partial charge in [-0.05, 0) is 18.6 Å². The third-order valence-corrected chi connectivity index (χ3v) is 4.94. The molecule has 2 atom stereocenters. The van der Waals surface area contributed by atoms with Gasteiger partial charge < -0.3 is 9.80 Å². The quantitative estimate of drug-likeness (QED) is 0.903. The Morgan fingerprint density at radius 1 is 1.24 bits per heavy atom. The van der Waals surface area contributed by atoms with Gasteiger partial charge in [-0.15, -0.1) is 10.2 Å². The molecule has 3 amide bonds. The summed E-state index contributed by atoms with van der Waals surface area (Å²) in [6.45, 7) is 2.66. The minimum Gasteiger partial charge on any atom is -0.325 e. The number of urea groups is 1. The van der Waals surface area contributed by atoms with Crippen molar-refractivity contribution in [3.05, 3.63) is 29.3 Å². The van der Waals surface area contributed by atoms with Crippen molar-refractivity contribution in [2.24, 2.45) is 0 Å². The Labute approximate surface area is 149 Å². The molecule has 3 heterocycles. The normalized spacial score (nSPS) is 22.0. The van der Waals surface area contributed by atoms with Crippen LogP contribution in [0.4, 0.5) is 10.7 Å². The number of hydrogen-bond acceptors (Lipinski definition) is 5. The number of likely N-dealkylation sites (N-methyl/N-ethyl adjacent to an activating group) is 1. The van der Waals surface area contributed by atoms with Crippen LogP contribution < -0.4 is 10.2 Å². The van der Waals surface area contributed by atoms with Gasteiger partial charge in [-0.25, -0.2) is 4.79 Å². The van der Waals surface area contributed by atoms with Gasteiger partial charge >= 0.3 is 6.03 Å². The van der Waals surface area contributed by atoms with Crippen LogP contribution >= 0.6 is 11.6 Å². The number of imide groups is 1. The highest BCUT2D eigenvalue weighted by atomic mass is 35.5. The van der Waals surface area contributed by atoms with Gasteiger partial charge in [0.1, 0.15) is 6.17 Å². The predicted molar refractivity (Wildman–Crippen MR) is 92.2 cm³/mol. The summed E-state index contributed by atoms with van der Waals surface area (Å²) < 4.78 is 1.83. The SMILES string of the molecule is CCCN1c2nnc(-c3ccccc3Cl)n2C2C1C(=O)NC(=O)N2C. The first-order valence-corrected chi connectivity index (χ1v) is 8.46. The molecule has 2 aliphatic heterocycles. The summed E-state index contributed by atoms with van der Waals surface area (Å²) in [4.78, 5) is 28.1. The van der Waals surface area contributed by atoms with Crippen molar-refractivity contribution in [1.82, 2.24) is 25.0 Å². The lowest BCUT2D eigenvalue weighted by Gasteiger charge is -2.37. The van der Waals surface area contributed by atoms with Crippen LogP contribution in [0, 0.1) is 0 Å². The van der Waals surface area contributed by atoms with Crippen molar-refractivity contribution in [2.75, 3.05) is 18.5 Å². The molecule has 1 fully saturated rings. The second-order valence-corrected chi connectivity index (χ2v) is 6.54. The van der Waals surface area contributed by atoms with E-state index in [1.54, 1.807) is 13.1 Å². The minimum absolute atomic E-state index is 0.322. The molecule has 1 aromatic carbocycles. The maximum atomic E-state index is 12.5. The number of fused-ring (bicyclic) bond motifs is 3. The fourth-order valence-corrected chi connectivity index (χ4v) is 3.73. The number of nitrogens with one attached hydrogen (secondary N) is 1. The van der Waals surface area contributed by atoms with Crippen LogP contribution in [0.1, 0.15) is 19.5 Å². The average molecular weight is 361 g/mol. The van der Waals surface area contributed by atoms with E-state index in [0.717, 1.165) is 6.42 Å². The number of hydrogen-bond donors (Lipinski definition) is 1. The summed E-state index contributed by atoms with van der Waals surface area (Å²) in [7, 11) is 1.66. The fourth-order valence-electron chi connectivity index (χ4n) is 3.50. The number of carbonyl (C=O) groups is 2. The molecule has 130 valence electrons. The topological polar surface area (TPSA) is 83.4 Å². The summed E-state index contributed by atoms with van der Waals surface area (Å²) in [5.41, 5.74) is 0.715. The molecule has 0 bridgehead atoms. The molecular formula is C16H17ClN6O2. The predicted octanol–water partition coefficient (Wildman–Crippen LogP) is 1.88. The number of anilines is 1. The van der Waals surface area contributed by atoms with E-state index >= 15 is 0 Å². The van der Waals surface area contributed by atoms with Crippen molar-refractivity contribution in [3.8, 4) is 11.4 Å². The van der Waals surface area contributed by atoms with E-state index in [2.05, 4.69) is 15.5 Å². The van der Waals surface area contributed by atoms with Crippen LogP contribution in [0.15, 0.2) is 24.3 Å². The Morgan fingerprint density at radius 3 is 2.72 bits per heavy atom. The van der Waals surface area contributed by atoms with Crippen LogP contribution in [0.5, 0.6) is 0 Å². The fraction of sp³-hybridized carbons (Fsp3) is 0.375. The van der Waals surface area contributed by atoms with Crippen molar-refractivity contribution in [3.63, 3.8) is 0 Å². The lowest BCUT2D eigenvalue weighted by Crippen LogP contribution is -2.61. The molecule has 2 aromatic rings. The minimum atomic E-state index is -0.533. The molecule has 1 saturated heterocycles. The highest BCUT2D eigenvalue weighted by Crippen LogP contribution is 2.41. The van der Waals surface area contributed by atoms with E-state index < -0.39 is 18.2 Å². The molecule has 0 aliphatic carbocycles. The van der Waals surface area contributed by atoms with Crippen LogP contribution in [0.2, 0.25) is 5.02 Å². The molecule has 25 heavy (non-hydrogen) atoms. The zero-order valence-electron chi connectivity index (χ0n) is 13.8. The Balaban J connectivity index is 1.91. The van der Waals surface area contributed by atoms with E-state index in [4.69, 9.17) is 11.6 Å². The number of nitrogens with zero attached hydrogens (tertiary/aromatic N) is 5. The van der Waals surface area contributed by atoms with Gasteiger partial charge in [0, 0.05) is 19.2 Å². The summed E-state index contributed by atoms with van der Waals surface area (Å²) in [5, 5.41) is 11.5. The van der Waals surface area contributed by atoms with Gasteiger partial charge in [0.05, 0.1) is 5.02 Å². The number of carbonyl (C=O) groups excluding carboxylic acids is 2. The number of rotatable bonds is 3. The number of aromatic nitrogens is 3. The molecule has 8 nitrogen and oxygen atoms in total. The molecule has 1 aromatic heterocycles. The first kappa shape index (κ1) is 15.9. The largest absolute Gasteiger partial charge is 0.325 e. The second kappa shape index (κ2) is 5.73. The summed E-state index contributed by atoms with van der Waals surface area (Å²) in [6.07, 6.45) is 0.326. The summed E-state index contributed by atoms with van der Waals surface area (Å²) in [5.74, 6) is 0.796. The Hall–Kier alpha value is -2.61. The Kier molecular flexibility index (Phi) is 3.64. The van der Waals surface area contributed by atoms with Crippen molar-refractivity contribution < 1.29 is 9.59 Å². The van der Waals surface area contributed by atoms with Crippen molar-refractivity contribution in [1.29, 1.82) is 0 Å². The van der Waals surface area contributed by atoms with E-state index in [1.807, 2.05) is 34.6 Å². The molecule has 2 aliphatic rings. The number of halogens is 1. The Bertz CT molecular complexity index is 866. The smallest absolute Gasteiger partial charge is 0.325 e. The third kappa shape index (κ3) is 2.21. The number of benzene rings is 1. The molecule has 0 saturated carbocycles. The van der Waals surface area contributed by atoms with Crippen LogP contribution in [0.25, 0.3) is 11.4 Å². The van der Waals surface area contributed by atoms with Crippen molar-refractivity contribution in [2.45, 2.75) is 25.6 Å². The lowest BCUT2D eigenvalue weighted by atomic mass is 10.1. The maximum Gasteiger partial charge on any atom is 0.325 e. The van der Waals surface area contributed by atoms with Gasteiger partial charge in [0.25, 0.3) is 5.91 Å². The maximum absolute atomic E-state index is 12.5. The van der Waals surface area contributed by atoms with Crippen LogP contribution in [-0.2, 0) is 4.79 Å². The number of amides is 3. The third-order valence-electron chi connectivity index (χ3n) is 4.61. The molecule has 0 radical (unpaired) electrons. The first-order chi connectivity index (χ1) is 12.0. The second-order valence-electron chi connectivity index (χ2n) is 6.13. The Morgan fingerprint density at radius 2 is 2.00 bits per heavy atom. The molecule has 4 rings (SSSR count). The molecule has 1 N–H and O–H groups in total. The van der Waals surface area contributed by atoms with Gasteiger partial charge in [-0.2, -0.15) is 0 Å². The monoisotopic (exact) mass is 360 g/mol. The highest BCUT2D eigenvalue weighted by molar-refractivity contribution is 6.33. The lowest BCUT2D eigenvalue weighted by molar-refractivity contribution is -0.124. The average Bonchev–Trinajstić information content (AvgIpc) is 3.13. The zero-order chi connectivity index (χ0) is 17.7. The van der Waals surface area contributed by atoms with Gasteiger partial charge in [0.2, 0.25) is 5.95 Å². The van der Waals surface area contributed by atoms with E-state index in [1.165, 1.54) is 4.90 Å². The van der Waals surface area contributed by atoms with Crippen molar-refractivity contribution >= 4 is 29.5 Å². The molecule has 2 unspecified atom stereocenters.